The Balaban J connectivity index is 1.59. The van der Waals surface area contributed by atoms with Crippen molar-refractivity contribution in [2.75, 3.05) is 6.54 Å². The van der Waals surface area contributed by atoms with Crippen molar-refractivity contribution in [1.29, 1.82) is 0 Å². The fourth-order valence-electron chi connectivity index (χ4n) is 5.40. The highest BCUT2D eigenvalue weighted by Gasteiger charge is 2.46. The lowest BCUT2D eigenvalue weighted by Gasteiger charge is -2.31. The van der Waals surface area contributed by atoms with Crippen molar-refractivity contribution in [3.05, 3.63) is 70.7 Å². The van der Waals surface area contributed by atoms with E-state index in [2.05, 4.69) is 21.3 Å². The van der Waals surface area contributed by atoms with Crippen LogP contribution in [0, 0.1) is 5.92 Å². The molecule has 11 nitrogen and oxygen atoms in total. The Morgan fingerprint density at radius 3 is 2.27 bits per heavy atom. The van der Waals surface area contributed by atoms with E-state index in [-0.39, 0.29) is 29.0 Å². The highest BCUT2D eigenvalue weighted by molar-refractivity contribution is 6.30. The Bertz CT molecular complexity index is 1500. The largest absolute Gasteiger partial charge is 0.450 e. The average Bonchev–Trinajstić information content (AvgIpc) is 3.78. The summed E-state index contributed by atoms with van der Waals surface area (Å²) < 4.78 is 69.0. The maximum Gasteiger partial charge on any atom is 0.408 e. The molecule has 0 spiro atoms. The summed E-state index contributed by atoms with van der Waals surface area (Å²) in [6.07, 6.45) is -8.31. The van der Waals surface area contributed by atoms with Gasteiger partial charge >= 0.3 is 18.0 Å². The second-order valence-corrected chi connectivity index (χ2v) is 12.4. The van der Waals surface area contributed by atoms with Crippen molar-refractivity contribution >= 4 is 41.4 Å². The fourth-order valence-corrected chi connectivity index (χ4v) is 5.59. The van der Waals surface area contributed by atoms with Crippen LogP contribution in [0.25, 0.3) is 0 Å². The van der Waals surface area contributed by atoms with E-state index >= 15 is 8.78 Å². The third-order valence-electron chi connectivity index (χ3n) is 8.02. The molecule has 5 atom stereocenters. The van der Waals surface area contributed by atoms with Crippen LogP contribution >= 0.6 is 11.6 Å². The van der Waals surface area contributed by atoms with Crippen molar-refractivity contribution in [2.24, 2.45) is 5.92 Å². The highest BCUT2D eigenvalue weighted by atomic mass is 35.5. The van der Waals surface area contributed by atoms with Gasteiger partial charge in [-0.1, -0.05) is 54.1 Å². The van der Waals surface area contributed by atoms with Crippen LogP contribution in [-0.2, 0) is 34.6 Å². The normalized spacial score (nSPS) is 18.4. The molecular formula is C33H37ClF4N4O7. The van der Waals surface area contributed by atoms with Gasteiger partial charge in [-0.3, -0.25) is 19.2 Å². The van der Waals surface area contributed by atoms with Gasteiger partial charge in [-0.05, 0) is 49.8 Å². The molecule has 2 aromatic rings. The van der Waals surface area contributed by atoms with E-state index in [4.69, 9.17) is 21.1 Å². The van der Waals surface area contributed by atoms with E-state index in [1.165, 1.54) is 36.4 Å². The Kier molecular flexibility index (Phi) is 12.8. The first-order chi connectivity index (χ1) is 23.2. The number of alkyl carbamates (subject to hydrolysis) is 1. The SMILES string of the molecule is CC(=O)OC(C(=O)NC1CC1)[C@H](C[C@@H]1CCNC1=O)NC(=O)[C@H](CCC(F)F)NC(=O)OC(c1ccccc1)C(F)(F)c1cccc(Cl)c1. The molecule has 2 aromatic carbocycles. The molecule has 0 bridgehead atoms. The molecule has 2 fully saturated rings. The van der Waals surface area contributed by atoms with E-state index < -0.39 is 84.8 Å². The molecule has 2 aliphatic rings. The molecule has 1 saturated carbocycles. The third kappa shape index (κ3) is 10.8. The van der Waals surface area contributed by atoms with Crippen LogP contribution < -0.4 is 21.3 Å². The van der Waals surface area contributed by atoms with Crippen LogP contribution in [0.15, 0.2) is 54.6 Å². The summed E-state index contributed by atoms with van der Waals surface area (Å²) in [5.74, 6) is -7.62. The van der Waals surface area contributed by atoms with Crippen LogP contribution in [0.2, 0.25) is 5.02 Å². The van der Waals surface area contributed by atoms with Crippen LogP contribution in [-0.4, -0.2) is 67.0 Å². The first-order valence-corrected chi connectivity index (χ1v) is 16.1. The number of alkyl halides is 4. The molecule has 4 N–H and O–H groups in total. The van der Waals surface area contributed by atoms with Gasteiger partial charge in [0.05, 0.1) is 6.04 Å². The molecule has 1 saturated heterocycles. The van der Waals surface area contributed by atoms with Crippen molar-refractivity contribution in [2.45, 2.75) is 88.1 Å². The fraction of sp³-hybridized carbons (Fsp3) is 0.485. The Morgan fingerprint density at radius 2 is 1.67 bits per heavy atom. The molecule has 16 heteroatoms. The molecule has 266 valence electrons. The molecule has 49 heavy (non-hydrogen) atoms. The summed E-state index contributed by atoms with van der Waals surface area (Å²) in [6, 6.07) is 8.52. The third-order valence-corrected chi connectivity index (χ3v) is 8.25. The first kappa shape index (κ1) is 37.4. The zero-order valence-electron chi connectivity index (χ0n) is 26.4. The van der Waals surface area contributed by atoms with Crippen molar-refractivity contribution in [3.63, 3.8) is 0 Å². The summed E-state index contributed by atoms with van der Waals surface area (Å²) >= 11 is 5.94. The van der Waals surface area contributed by atoms with Gasteiger partial charge in [0.25, 0.3) is 5.91 Å². The van der Waals surface area contributed by atoms with Crippen LogP contribution in [0.4, 0.5) is 22.4 Å². The lowest BCUT2D eigenvalue weighted by atomic mass is 9.94. The number of halogens is 5. The number of nitrogens with one attached hydrogen (secondary N) is 4. The Morgan fingerprint density at radius 1 is 0.959 bits per heavy atom. The van der Waals surface area contributed by atoms with Gasteiger partial charge in [-0.15, -0.1) is 0 Å². The highest BCUT2D eigenvalue weighted by Crippen LogP contribution is 2.43. The summed E-state index contributed by atoms with van der Waals surface area (Å²) in [7, 11) is 0. The molecule has 4 rings (SSSR count). The number of esters is 1. The Labute approximate surface area is 284 Å². The molecule has 0 radical (unpaired) electrons. The summed E-state index contributed by atoms with van der Waals surface area (Å²) in [4.78, 5) is 64.4. The molecule has 0 aromatic heterocycles. The minimum Gasteiger partial charge on any atom is -0.450 e. The van der Waals surface area contributed by atoms with Crippen LogP contribution in [0.3, 0.4) is 0 Å². The molecule has 1 aliphatic heterocycles. The van der Waals surface area contributed by atoms with Crippen LogP contribution in [0.5, 0.6) is 0 Å². The van der Waals surface area contributed by atoms with E-state index in [0.29, 0.717) is 25.8 Å². The second kappa shape index (κ2) is 16.8. The van der Waals surface area contributed by atoms with Gasteiger partial charge < -0.3 is 30.7 Å². The number of carbonyl (C=O) groups is 5. The average molecular weight is 713 g/mol. The number of benzene rings is 2. The summed E-state index contributed by atoms with van der Waals surface area (Å²) in [6.45, 7) is 1.37. The zero-order valence-corrected chi connectivity index (χ0v) is 27.2. The van der Waals surface area contributed by atoms with Gasteiger partial charge in [0, 0.05) is 42.4 Å². The zero-order chi connectivity index (χ0) is 35.7. The standard InChI is InChI=1S/C33H37ClF4N4O7/c1-18(43)48-27(31(46)40-23-10-11-23)25(16-20-14-15-39-29(20)44)41-30(45)24(12-13-26(35)36)42-32(47)49-28(19-6-3-2-4-7-19)33(37,38)21-8-5-9-22(34)17-21/h2-9,17,20,23-28H,10-16H2,1H3,(H,39,44)(H,40,46)(H,41,45)(H,42,47)/t20-,24-,25-,27?,28?/m0/s1. The van der Waals surface area contributed by atoms with Crippen molar-refractivity contribution < 1.29 is 51.0 Å². The second-order valence-electron chi connectivity index (χ2n) is 11.9. The van der Waals surface area contributed by atoms with E-state index in [9.17, 15) is 32.8 Å². The predicted molar refractivity (Wildman–Crippen MR) is 168 cm³/mol. The summed E-state index contributed by atoms with van der Waals surface area (Å²) in [5, 5.41) is 9.92. The molecule has 4 amide bonds. The number of carbonyl (C=O) groups excluding carboxylic acids is 5. The van der Waals surface area contributed by atoms with E-state index in [1.807, 2.05) is 0 Å². The molecule has 1 aliphatic carbocycles. The first-order valence-electron chi connectivity index (χ1n) is 15.7. The maximum absolute atomic E-state index is 15.9. The molecule has 2 unspecified atom stereocenters. The topological polar surface area (TPSA) is 152 Å². The molecular weight excluding hydrogens is 676 g/mol. The van der Waals surface area contributed by atoms with Gasteiger partial charge in [-0.2, -0.15) is 8.78 Å². The van der Waals surface area contributed by atoms with E-state index in [1.54, 1.807) is 6.07 Å². The van der Waals surface area contributed by atoms with Crippen LogP contribution in [0.1, 0.15) is 62.7 Å². The number of amides is 4. The lowest BCUT2D eigenvalue weighted by molar-refractivity contribution is -0.157. The smallest absolute Gasteiger partial charge is 0.408 e. The minimum absolute atomic E-state index is 0.000295. The van der Waals surface area contributed by atoms with Gasteiger partial charge in [0.15, 0.2) is 12.2 Å². The predicted octanol–water partition coefficient (Wildman–Crippen LogP) is 4.53. The summed E-state index contributed by atoms with van der Waals surface area (Å²) in [5.41, 5.74) is -0.689. The van der Waals surface area contributed by atoms with Crippen molar-refractivity contribution in [1.82, 2.24) is 21.3 Å². The van der Waals surface area contributed by atoms with Gasteiger partial charge in [-0.25, -0.2) is 13.6 Å². The lowest BCUT2D eigenvalue weighted by Crippen LogP contribution is -2.57. The monoisotopic (exact) mass is 712 g/mol. The maximum atomic E-state index is 15.9. The number of hydrogen-bond donors (Lipinski definition) is 4. The van der Waals surface area contributed by atoms with Gasteiger partial charge in [0.2, 0.25) is 18.2 Å². The Hall–Kier alpha value is -4.40. The van der Waals surface area contributed by atoms with E-state index in [0.717, 1.165) is 19.1 Å². The molecule has 1 heterocycles. The minimum atomic E-state index is -3.84. The number of rotatable bonds is 16. The number of ether oxygens (including phenoxy) is 2. The quantitative estimate of drug-likeness (QED) is 0.147. The number of hydrogen-bond acceptors (Lipinski definition) is 7. The van der Waals surface area contributed by atoms with Gasteiger partial charge in [0.1, 0.15) is 6.04 Å². The van der Waals surface area contributed by atoms with Crippen molar-refractivity contribution in [3.8, 4) is 0 Å².